The van der Waals surface area contributed by atoms with Crippen LogP contribution in [-0.2, 0) is 11.2 Å². The molecule has 1 atom stereocenters. The van der Waals surface area contributed by atoms with Gasteiger partial charge in [-0.25, -0.2) is 0 Å². The fourth-order valence-corrected chi connectivity index (χ4v) is 4.01. The van der Waals surface area contributed by atoms with Gasteiger partial charge in [0.15, 0.2) is 0 Å². The number of amides is 1. The standard InChI is InChI=1S/C14H17BrN4O2S.ClH/c15-9-6-11(22-8-9)14-17-12(21-18-14)3-4-13(20)19-5-1-2-10(19)7-16;/h6,8,10H,1-5,7,16H2;1H. The van der Waals surface area contributed by atoms with E-state index in [1.165, 1.54) is 0 Å². The molecule has 9 heteroatoms. The molecular weight excluding hydrogens is 404 g/mol. The molecule has 1 amide bonds. The predicted octanol–water partition coefficient (Wildman–Crippen LogP) is 2.86. The lowest BCUT2D eigenvalue weighted by atomic mass is 10.2. The molecule has 2 aromatic rings. The lowest BCUT2D eigenvalue weighted by molar-refractivity contribution is -0.131. The fourth-order valence-electron chi connectivity index (χ4n) is 2.65. The van der Waals surface area contributed by atoms with E-state index in [4.69, 9.17) is 10.3 Å². The zero-order valence-corrected chi connectivity index (χ0v) is 15.6. The van der Waals surface area contributed by atoms with Crippen LogP contribution in [0.15, 0.2) is 20.4 Å². The van der Waals surface area contributed by atoms with Crippen LogP contribution in [-0.4, -0.2) is 40.1 Å². The average molecular weight is 422 g/mol. The first-order chi connectivity index (χ1) is 10.7. The molecule has 1 aliphatic rings. The molecule has 0 aromatic carbocycles. The molecule has 3 rings (SSSR count). The van der Waals surface area contributed by atoms with E-state index in [-0.39, 0.29) is 24.4 Å². The summed E-state index contributed by atoms with van der Waals surface area (Å²) in [7, 11) is 0. The Labute approximate surface area is 153 Å². The summed E-state index contributed by atoms with van der Waals surface area (Å²) >= 11 is 4.94. The van der Waals surface area contributed by atoms with Crippen LogP contribution in [0.25, 0.3) is 10.7 Å². The molecule has 0 bridgehead atoms. The highest BCUT2D eigenvalue weighted by atomic mass is 79.9. The maximum Gasteiger partial charge on any atom is 0.227 e. The van der Waals surface area contributed by atoms with Crippen LogP contribution in [0.5, 0.6) is 0 Å². The zero-order valence-electron chi connectivity index (χ0n) is 12.4. The number of carbonyl (C=O) groups excluding carboxylic acids is 1. The molecule has 1 unspecified atom stereocenters. The van der Waals surface area contributed by atoms with Crippen LogP contribution in [0.3, 0.4) is 0 Å². The molecule has 1 aliphatic heterocycles. The van der Waals surface area contributed by atoms with E-state index in [0.29, 0.717) is 31.1 Å². The maximum absolute atomic E-state index is 12.2. The summed E-state index contributed by atoms with van der Waals surface area (Å²) < 4.78 is 6.23. The van der Waals surface area contributed by atoms with Crippen molar-refractivity contribution in [2.45, 2.75) is 31.7 Å². The van der Waals surface area contributed by atoms with E-state index in [0.717, 1.165) is 28.7 Å². The Morgan fingerprint density at radius 3 is 3.09 bits per heavy atom. The highest BCUT2D eigenvalue weighted by Crippen LogP contribution is 2.28. The number of likely N-dealkylation sites (tertiary alicyclic amines) is 1. The first-order valence-corrected chi connectivity index (χ1v) is 8.91. The number of halogens is 2. The van der Waals surface area contributed by atoms with Crippen molar-refractivity contribution in [3.8, 4) is 10.7 Å². The topological polar surface area (TPSA) is 85.2 Å². The van der Waals surface area contributed by atoms with E-state index in [9.17, 15) is 4.79 Å². The summed E-state index contributed by atoms with van der Waals surface area (Å²) in [4.78, 5) is 19.4. The SMILES string of the molecule is Cl.NCC1CCCN1C(=O)CCc1nc(-c2cc(Br)cs2)no1. The van der Waals surface area contributed by atoms with Crippen molar-refractivity contribution < 1.29 is 9.32 Å². The van der Waals surface area contributed by atoms with Crippen LogP contribution in [0.2, 0.25) is 0 Å². The van der Waals surface area contributed by atoms with Crippen LogP contribution in [0, 0.1) is 0 Å². The summed E-state index contributed by atoms with van der Waals surface area (Å²) in [6.45, 7) is 1.34. The van der Waals surface area contributed by atoms with Crippen molar-refractivity contribution >= 4 is 45.6 Å². The third-order valence-corrected chi connectivity index (χ3v) is 5.47. The van der Waals surface area contributed by atoms with Crippen molar-refractivity contribution in [3.63, 3.8) is 0 Å². The largest absolute Gasteiger partial charge is 0.339 e. The molecule has 0 saturated carbocycles. The van der Waals surface area contributed by atoms with Crippen LogP contribution in [0.4, 0.5) is 0 Å². The van der Waals surface area contributed by atoms with Crippen molar-refractivity contribution in [2.24, 2.45) is 5.73 Å². The zero-order chi connectivity index (χ0) is 15.5. The normalized spacial score (nSPS) is 17.3. The molecule has 2 N–H and O–H groups in total. The number of aromatic nitrogens is 2. The van der Waals surface area contributed by atoms with Gasteiger partial charge in [-0.1, -0.05) is 5.16 Å². The monoisotopic (exact) mass is 420 g/mol. The quantitative estimate of drug-likeness (QED) is 0.802. The van der Waals surface area contributed by atoms with Crippen LogP contribution < -0.4 is 5.73 Å². The summed E-state index contributed by atoms with van der Waals surface area (Å²) in [6.07, 6.45) is 2.88. The smallest absolute Gasteiger partial charge is 0.227 e. The van der Waals surface area contributed by atoms with Gasteiger partial charge in [-0.3, -0.25) is 4.79 Å². The van der Waals surface area contributed by atoms with E-state index in [2.05, 4.69) is 26.1 Å². The highest BCUT2D eigenvalue weighted by molar-refractivity contribution is 9.10. The van der Waals surface area contributed by atoms with Gasteiger partial charge in [-0.15, -0.1) is 23.7 Å². The number of carbonyl (C=O) groups is 1. The van der Waals surface area contributed by atoms with Crippen molar-refractivity contribution in [1.82, 2.24) is 15.0 Å². The number of nitrogens with zero attached hydrogens (tertiary/aromatic N) is 3. The lowest BCUT2D eigenvalue weighted by Gasteiger charge is -2.23. The Bertz CT molecular complexity index is 663. The Kier molecular flexibility index (Phi) is 6.58. The molecule has 126 valence electrons. The first kappa shape index (κ1) is 18.4. The van der Waals surface area contributed by atoms with Crippen molar-refractivity contribution in [1.29, 1.82) is 0 Å². The minimum atomic E-state index is 0. The highest BCUT2D eigenvalue weighted by Gasteiger charge is 2.27. The second kappa shape index (κ2) is 8.23. The van der Waals surface area contributed by atoms with E-state index in [1.807, 2.05) is 16.3 Å². The van der Waals surface area contributed by atoms with Gasteiger partial charge in [-0.05, 0) is 34.8 Å². The summed E-state index contributed by atoms with van der Waals surface area (Å²) in [5, 5.41) is 5.93. The molecule has 23 heavy (non-hydrogen) atoms. The number of hydrogen-bond donors (Lipinski definition) is 1. The Morgan fingerprint density at radius 2 is 2.39 bits per heavy atom. The second-order valence-corrected chi connectivity index (χ2v) is 7.09. The number of aryl methyl sites for hydroxylation is 1. The summed E-state index contributed by atoms with van der Waals surface area (Å²) in [5.41, 5.74) is 5.70. The van der Waals surface area contributed by atoms with Gasteiger partial charge in [-0.2, -0.15) is 4.98 Å². The van der Waals surface area contributed by atoms with Gasteiger partial charge in [0.25, 0.3) is 0 Å². The Hall–Kier alpha value is -0.960. The van der Waals surface area contributed by atoms with Gasteiger partial charge in [0, 0.05) is 41.8 Å². The van der Waals surface area contributed by atoms with E-state index in [1.54, 1.807) is 11.3 Å². The third kappa shape index (κ3) is 4.32. The fraction of sp³-hybridized carbons (Fsp3) is 0.500. The minimum absolute atomic E-state index is 0. The lowest BCUT2D eigenvalue weighted by Crippen LogP contribution is -2.40. The molecule has 2 aromatic heterocycles. The van der Waals surface area contributed by atoms with Gasteiger partial charge < -0.3 is 15.2 Å². The Balaban J connectivity index is 0.00000192. The number of rotatable bonds is 5. The van der Waals surface area contributed by atoms with Crippen LogP contribution in [0.1, 0.15) is 25.2 Å². The van der Waals surface area contributed by atoms with Gasteiger partial charge in [0.2, 0.25) is 17.6 Å². The average Bonchev–Trinajstić information content (AvgIpc) is 3.24. The van der Waals surface area contributed by atoms with Gasteiger partial charge in [0.1, 0.15) is 0 Å². The Morgan fingerprint density at radius 1 is 1.57 bits per heavy atom. The molecule has 3 heterocycles. The minimum Gasteiger partial charge on any atom is -0.339 e. The second-order valence-electron chi connectivity index (χ2n) is 5.26. The maximum atomic E-state index is 12.2. The van der Waals surface area contributed by atoms with Crippen molar-refractivity contribution in [2.75, 3.05) is 13.1 Å². The predicted molar refractivity (Wildman–Crippen MR) is 94.7 cm³/mol. The van der Waals surface area contributed by atoms with Crippen molar-refractivity contribution in [3.05, 3.63) is 21.8 Å². The molecule has 6 nitrogen and oxygen atoms in total. The number of thiophene rings is 1. The number of nitrogens with two attached hydrogens (primary N) is 1. The van der Waals surface area contributed by atoms with Gasteiger partial charge >= 0.3 is 0 Å². The molecule has 0 spiro atoms. The van der Waals surface area contributed by atoms with Crippen LogP contribution >= 0.6 is 39.7 Å². The summed E-state index contributed by atoms with van der Waals surface area (Å²) in [5.74, 6) is 1.18. The van der Waals surface area contributed by atoms with E-state index >= 15 is 0 Å². The molecule has 0 aliphatic carbocycles. The third-order valence-electron chi connectivity index (χ3n) is 3.78. The van der Waals surface area contributed by atoms with E-state index < -0.39 is 0 Å². The first-order valence-electron chi connectivity index (χ1n) is 7.24. The molecule has 1 saturated heterocycles. The molecule has 0 radical (unpaired) electrons. The summed E-state index contributed by atoms with van der Waals surface area (Å²) in [6, 6.07) is 2.13. The molecular formula is C14H18BrClN4O2S. The van der Waals surface area contributed by atoms with Gasteiger partial charge in [0.05, 0.1) is 4.88 Å². The molecule has 1 fully saturated rings. The number of hydrogen-bond acceptors (Lipinski definition) is 6.